The lowest BCUT2D eigenvalue weighted by molar-refractivity contribution is 0.0518. The summed E-state index contributed by atoms with van der Waals surface area (Å²) in [4.78, 5) is 29.4. The van der Waals surface area contributed by atoms with Gasteiger partial charge in [-0.15, -0.1) is 11.8 Å². The third kappa shape index (κ3) is 3.42. The zero-order chi connectivity index (χ0) is 16.2. The van der Waals surface area contributed by atoms with Gasteiger partial charge < -0.3 is 14.2 Å². The van der Waals surface area contributed by atoms with Gasteiger partial charge in [-0.1, -0.05) is 0 Å². The summed E-state index contributed by atoms with van der Waals surface area (Å²) in [6, 6.07) is 11.0. The van der Waals surface area contributed by atoms with Crippen LogP contribution in [0.25, 0.3) is 0 Å². The van der Waals surface area contributed by atoms with Gasteiger partial charge >= 0.3 is 0 Å². The van der Waals surface area contributed by atoms with Crippen molar-refractivity contribution in [1.29, 1.82) is 0 Å². The molecular weight excluding hydrogens is 312 g/mol. The number of carbonyl (C=O) groups is 2. The van der Waals surface area contributed by atoms with Crippen molar-refractivity contribution in [3.63, 3.8) is 0 Å². The number of piperazine rings is 1. The molecule has 23 heavy (non-hydrogen) atoms. The van der Waals surface area contributed by atoms with Gasteiger partial charge in [0.15, 0.2) is 5.76 Å². The molecule has 3 rings (SSSR count). The lowest BCUT2D eigenvalue weighted by atomic mass is 10.2. The second kappa shape index (κ2) is 6.91. The highest BCUT2D eigenvalue weighted by Gasteiger charge is 2.26. The Kier molecular flexibility index (Phi) is 4.71. The van der Waals surface area contributed by atoms with Crippen LogP contribution in [0.1, 0.15) is 20.9 Å². The maximum atomic E-state index is 12.5. The molecule has 0 spiro atoms. The van der Waals surface area contributed by atoms with Crippen LogP contribution in [0.3, 0.4) is 0 Å². The van der Waals surface area contributed by atoms with E-state index in [0.717, 1.165) is 4.90 Å². The van der Waals surface area contributed by atoms with Crippen LogP contribution in [0.2, 0.25) is 0 Å². The average molecular weight is 330 g/mol. The van der Waals surface area contributed by atoms with Gasteiger partial charge in [0.1, 0.15) is 0 Å². The van der Waals surface area contributed by atoms with Crippen molar-refractivity contribution in [1.82, 2.24) is 9.80 Å². The molecule has 1 aliphatic rings. The number of benzene rings is 1. The number of rotatable bonds is 3. The van der Waals surface area contributed by atoms with E-state index >= 15 is 0 Å². The van der Waals surface area contributed by atoms with E-state index in [1.54, 1.807) is 33.7 Å². The molecule has 2 heterocycles. The molecule has 1 aliphatic heterocycles. The maximum Gasteiger partial charge on any atom is 0.289 e. The molecule has 6 heteroatoms. The van der Waals surface area contributed by atoms with Gasteiger partial charge in [-0.3, -0.25) is 9.59 Å². The van der Waals surface area contributed by atoms with Gasteiger partial charge in [0.25, 0.3) is 11.8 Å². The summed E-state index contributed by atoms with van der Waals surface area (Å²) in [5, 5.41) is 0. The molecule has 1 aromatic carbocycles. The van der Waals surface area contributed by atoms with Crippen molar-refractivity contribution in [3.05, 3.63) is 54.0 Å². The van der Waals surface area contributed by atoms with Crippen molar-refractivity contribution in [3.8, 4) is 0 Å². The van der Waals surface area contributed by atoms with Gasteiger partial charge in [0.2, 0.25) is 0 Å². The van der Waals surface area contributed by atoms with Gasteiger partial charge in [-0.25, -0.2) is 0 Å². The van der Waals surface area contributed by atoms with Crippen LogP contribution < -0.4 is 0 Å². The Morgan fingerprint density at radius 3 is 2.09 bits per heavy atom. The Morgan fingerprint density at radius 2 is 1.57 bits per heavy atom. The number of hydrogen-bond donors (Lipinski definition) is 0. The number of carbonyl (C=O) groups excluding carboxylic acids is 2. The van der Waals surface area contributed by atoms with E-state index < -0.39 is 0 Å². The van der Waals surface area contributed by atoms with E-state index in [4.69, 9.17) is 4.42 Å². The topological polar surface area (TPSA) is 53.8 Å². The molecule has 0 aliphatic carbocycles. The number of furan rings is 1. The van der Waals surface area contributed by atoms with Crippen LogP contribution in [0.5, 0.6) is 0 Å². The normalized spacial score (nSPS) is 14.8. The third-order valence-electron chi connectivity index (χ3n) is 3.92. The predicted octanol–water partition coefficient (Wildman–Crippen LogP) is 2.60. The fraction of sp³-hybridized carbons (Fsp3) is 0.294. The zero-order valence-corrected chi connectivity index (χ0v) is 13.7. The first kappa shape index (κ1) is 15.7. The first-order valence-corrected chi connectivity index (χ1v) is 8.67. The lowest BCUT2D eigenvalue weighted by Gasteiger charge is -2.34. The fourth-order valence-electron chi connectivity index (χ4n) is 2.58. The van der Waals surface area contributed by atoms with E-state index in [-0.39, 0.29) is 11.8 Å². The van der Waals surface area contributed by atoms with Crippen molar-refractivity contribution in [2.75, 3.05) is 32.4 Å². The largest absolute Gasteiger partial charge is 0.459 e. The molecule has 5 nitrogen and oxygen atoms in total. The first-order chi connectivity index (χ1) is 11.2. The maximum absolute atomic E-state index is 12.5. The first-order valence-electron chi connectivity index (χ1n) is 7.45. The molecule has 0 bridgehead atoms. The molecule has 1 saturated heterocycles. The minimum atomic E-state index is -0.119. The van der Waals surface area contributed by atoms with E-state index in [1.165, 1.54) is 6.26 Å². The van der Waals surface area contributed by atoms with Crippen molar-refractivity contribution in [2.24, 2.45) is 0 Å². The fourth-order valence-corrected chi connectivity index (χ4v) is 2.99. The second-order valence-corrected chi connectivity index (χ2v) is 6.17. The summed E-state index contributed by atoms with van der Waals surface area (Å²) >= 11 is 1.65. The van der Waals surface area contributed by atoms with Gasteiger partial charge in [0.05, 0.1) is 6.26 Å². The van der Waals surface area contributed by atoms with Gasteiger partial charge in [0, 0.05) is 36.6 Å². The van der Waals surface area contributed by atoms with E-state index in [2.05, 4.69) is 0 Å². The zero-order valence-electron chi connectivity index (χ0n) is 12.9. The van der Waals surface area contributed by atoms with Crippen LogP contribution in [0, 0.1) is 0 Å². The minimum Gasteiger partial charge on any atom is -0.459 e. The molecule has 120 valence electrons. The van der Waals surface area contributed by atoms with Crippen LogP contribution in [0.4, 0.5) is 0 Å². The SMILES string of the molecule is CSc1ccc(C(=O)N2CCN(C(=O)c3ccco3)CC2)cc1. The monoisotopic (exact) mass is 330 g/mol. The standard InChI is InChI=1S/C17H18N2O3S/c1-23-14-6-4-13(5-7-14)16(20)18-8-10-19(11-9-18)17(21)15-3-2-12-22-15/h2-7,12H,8-11H2,1H3. The Balaban J connectivity index is 1.59. The number of thioether (sulfide) groups is 1. The van der Waals surface area contributed by atoms with Crippen molar-refractivity contribution in [2.45, 2.75) is 4.90 Å². The van der Waals surface area contributed by atoms with Crippen LogP contribution in [0.15, 0.2) is 52.0 Å². The van der Waals surface area contributed by atoms with E-state index in [0.29, 0.717) is 37.5 Å². The highest BCUT2D eigenvalue weighted by atomic mass is 32.2. The molecule has 0 unspecified atom stereocenters. The Labute approximate surface area is 139 Å². The number of amides is 2. The highest BCUT2D eigenvalue weighted by Crippen LogP contribution is 2.17. The molecular formula is C17H18N2O3S. The lowest BCUT2D eigenvalue weighted by Crippen LogP contribution is -2.50. The molecule has 0 saturated carbocycles. The molecule has 1 aromatic heterocycles. The Bertz CT molecular complexity index is 674. The summed E-state index contributed by atoms with van der Waals surface area (Å²) in [6.07, 6.45) is 3.50. The summed E-state index contributed by atoms with van der Waals surface area (Å²) in [5.74, 6) is 0.242. The summed E-state index contributed by atoms with van der Waals surface area (Å²) in [6.45, 7) is 2.12. The summed E-state index contributed by atoms with van der Waals surface area (Å²) in [5.41, 5.74) is 0.689. The predicted molar refractivity (Wildman–Crippen MR) is 88.7 cm³/mol. The average Bonchev–Trinajstić information content (AvgIpc) is 3.15. The Hall–Kier alpha value is -2.21. The van der Waals surface area contributed by atoms with Gasteiger partial charge in [-0.2, -0.15) is 0 Å². The molecule has 0 atom stereocenters. The van der Waals surface area contributed by atoms with Crippen LogP contribution >= 0.6 is 11.8 Å². The van der Waals surface area contributed by atoms with E-state index in [9.17, 15) is 9.59 Å². The molecule has 0 radical (unpaired) electrons. The molecule has 0 N–H and O–H groups in total. The molecule has 2 aromatic rings. The van der Waals surface area contributed by atoms with Gasteiger partial charge in [-0.05, 0) is 42.7 Å². The van der Waals surface area contributed by atoms with Crippen molar-refractivity contribution >= 4 is 23.6 Å². The van der Waals surface area contributed by atoms with Crippen LogP contribution in [-0.2, 0) is 0 Å². The minimum absolute atomic E-state index is 0.0164. The summed E-state index contributed by atoms with van der Waals surface area (Å²) in [7, 11) is 0. The smallest absolute Gasteiger partial charge is 0.289 e. The summed E-state index contributed by atoms with van der Waals surface area (Å²) < 4.78 is 5.14. The second-order valence-electron chi connectivity index (χ2n) is 5.29. The Morgan fingerprint density at radius 1 is 0.957 bits per heavy atom. The highest BCUT2D eigenvalue weighted by molar-refractivity contribution is 7.98. The number of nitrogens with zero attached hydrogens (tertiary/aromatic N) is 2. The number of hydrogen-bond acceptors (Lipinski definition) is 4. The quantitative estimate of drug-likeness (QED) is 0.812. The van der Waals surface area contributed by atoms with E-state index in [1.807, 2.05) is 30.5 Å². The van der Waals surface area contributed by atoms with Crippen molar-refractivity contribution < 1.29 is 14.0 Å². The molecule has 2 amide bonds. The third-order valence-corrected chi connectivity index (χ3v) is 4.67. The van der Waals surface area contributed by atoms with Crippen LogP contribution in [-0.4, -0.2) is 54.0 Å². The molecule has 1 fully saturated rings.